The van der Waals surface area contributed by atoms with Crippen molar-refractivity contribution >= 4 is 18.3 Å². The molecular weight excluding hydrogens is 332 g/mol. The van der Waals surface area contributed by atoms with Crippen molar-refractivity contribution in [3.63, 3.8) is 0 Å². The minimum Gasteiger partial charge on any atom is -0.356 e. The van der Waals surface area contributed by atoms with Gasteiger partial charge in [-0.3, -0.25) is 4.79 Å². The van der Waals surface area contributed by atoms with Crippen LogP contribution >= 0.6 is 12.4 Å². The Bertz CT molecular complexity index is 613. The van der Waals surface area contributed by atoms with Gasteiger partial charge in [-0.2, -0.15) is 0 Å². The quantitative estimate of drug-likeness (QED) is 0.784. The maximum Gasteiger partial charge on any atom is 0.226 e. The molecule has 3 N–H and O–H groups in total. The van der Waals surface area contributed by atoms with Gasteiger partial charge in [0.15, 0.2) is 0 Å². The normalized spacial score (nSPS) is 35.3. The fourth-order valence-corrected chi connectivity index (χ4v) is 6.26. The van der Waals surface area contributed by atoms with Gasteiger partial charge in [0.2, 0.25) is 5.91 Å². The lowest BCUT2D eigenvalue weighted by Crippen LogP contribution is -2.59. The summed E-state index contributed by atoms with van der Waals surface area (Å²) in [4.78, 5) is 13.0. The number of benzene rings is 1. The molecule has 0 heterocycles. The molecule has 25 heavy (non-hydrogen) atoms. The second kappa shape index (κ2) is 6.92. The van der Waals surface area contributed by atoms with Crippen LogP contribution in [0.3, 0.4) is 0 Å². The third-order valence-corrected chi connectivity index (χ3v) is 6.87. The fourth-order valence-electron chi connectivity index (χ4n) is 6.26. The summed E-state index contributed by atoms with van der Waals surface area (Å²) in [5.41, 5.74) is 8.49. The van der Waals surface area contributed by atoms with Gasteiger partial charge >= 0.3 is 0 Å². The van der Waals surface area contributed by atoms with Gasteiger partial charge in [-0.1, -0.05) is 29.8 Å². The van der Waals surface area contributed by atoms with Gasteiger partial charge in [0.25, 0.3) is 0 Å². The van der Waals surface area contributed by atoms with Crippen molar-refractivity contribution < 1.29 is 4.79 Å². The van der Waals surface area contributed by atoms with E-state index in [0.29, 0.717) is 12.5 Å². The lowest BCUT2D eigenvalue weighted by Gasteiger charge is -2.61. The molecule has 0 spiro atoms. The second-order valence-corrected chi connectivity index (χ2v) is 8.79. The van der Waals surface area contributed by atoms with Gasteiger partial charge in [0.05, 0.1) is 5.41 Å². The Morgan fingerprint density at radius 2 is 1.80 bits per heavy atom. The fraction of sp³-hybridized carbons (Fsp3) is 0.667. The summed E-state index contributed by atoms with van der Waals surface area (Å²) in [5.74, 6) is 1.77. The molecule has 0 aliphatic heterocycles. The summed E-state index contributed by atoms with van der Waals surface area (Å²) in [5, 5.41) is 3.20. The van der Waals surface area contributed by atoms with Crippen LogP contribution in [0.4, 0.5) is 0 Å². The largest absolute Gasteiger partial charge is 0.356 e. The van der Waals surface area contributed by atoms with E-state index in [1.54, 1.807) is 0 Å². The minimum absolute atomic E-state index is 0. The summed E-state index contributed by atoms with van der Waals surface area (Å²) >= 11 is 0. The van der Waals surface area contributed by atoms with Crippen molar-refractivity contribution in [2.75, 3.05) is 13.1 Å². The molecule has 1 amide bonds. The van der Waals surface area contributed by atoms with E-state index in [-0.39, 0.29) is 23.2 Å². The van der Waals surface area contributed by atoms with Crippen LogP contribution < -0.4 is 11.1 Å². The highest BCUT2D eigenvalue weighted by Gasteiger charge is 2.60. The molecular formula is C21H31ClN2O. The lowest BCUT2D eigenvalue weighted by atomic mass is 9.42. The van der Waals surface area contributed by atoms with Crippen molar-refractivity contribution in [1.82, 2.24) is 5.32 Å². The number of carbonyl (C=O) groups is 1. The molecule has 5 rings (SSSR count). The van der Waals surface area contributed by atoms with Crippen LogP contribution in [-0.2, 0) is 10.2 Å². The van der Waals surface area contributed by atoms with E-state index in [4.69, 9.17) is 5.73 Å². The first-order valence-corrected chi connectivity index (χ1v) is 9.61. The highest BCUT2D eigenvalue weighted by Crippen LogP contribution is 2.65. The summed E-state index contributed by atoms with van der Waals surface area (Å²) in [7, 11) is 0. The smallest absolute Gasteiger partial charge is 0.226 e. The van der Waals surface area contributed by atoms with Gasteiger partial charge in [-0.05, 0) is 81.2 Å². The van der Waals surface area contributed by atoms with Crippen molar-refractivity contribution in [3.05, 3.63) is 35.4 Å². The van der Waals surface area contributed by atoms with Gasteiger partial charge in [0.1, 0.15) is 0 Å². The van der Waals surface area contributed by atoms with Gasteiger partial charge in [-0.15, -0.1) is 12.4 Å². The van der Waals surface area contributed by atoms with Gasteiger partial charge in [0, 0.05) is 6.54 Å². The van der Waals surface area contributed by atoms with Gasteiger partial charge < -0.3 is 11.1 Å². The topological polar surface area (TPSA) is 55.1 Å². The molecule has 4 aliphatic carbocycles. The third-order valence-electron chi connectivity index (χ3n) is 6.87. The number of rotatable bonds is 5. The predicted octanol–water partition coefficient (Wildman–Crippen LogP) is 3.72. The maximum absolute atomic E-state index is 13.0. The zero-order valence-corrected chi connectivity index (χ0v) is 16.0. The molecule has 4 bridgehead atoms. The Hall–Kier alpha value is -1.06. The number of hydrogen-bond donors (Lipinski definition) is 2. The zero-order valence-electron chi connectivity index (χ0n) is 15.2. The standard InChI is InChI=1S/C21H30N2O.ClH/c1-15-3-5-18(6-4-15)20-10-16-9-17(11-20)13-21(12-16,14-20)19(24)23-8-2-7-22;/h3-6,16-17H,2,7-14,22H2,1H3,(H,23,24);1H. The summed E-state index contributed by atoms with van der Waals surface area (Å²) in [6, 6.07) is 9.12. The average Bonchev–Trinajstić information content (AvgIpc) is 2.54. The highest BCUT2D eigenvalue weighted by atomic mass is 35.5. The minimum atomic E-state index is -0.121. The number of nitrogens with two attached hydrogens (primary N) is 1. The van der Waals surface area contributed by atoms with Crippen molar-refractivity contribution in [3.8, 4) is 0 Å². The van der Waals surface area contributed by atoms with E-state index < -0.39 is 0 Å². The monoisotopic (exact) mass is 362 g/mol. The first-order chi connectivity index (χ1) is 11.6. The molecule has 4 aliphatic rings. The lowest BCUT2D eigenvalue weighted by molar-refractivity contribution is -0.149. The van der Waals surface area contributed by atoms with E-state index in [9.17, 15) is 4.79 Å². The van der Waals surface area contributed by atoms with E-state index in [1.807, 2.05) is 0 Å². The number of amides is 1. The number of hydrogen-bond acceptors (Lipinski definition) is 2. The Morgan fingerprint density at radius 1 is 1.16 bits per heavy atom. The SMILES string of the molecule is Cc1ccc(C23CC4CC(CC(C(=O)NCCCN)(C4)C2)C3)cc1.Cl. The second-order valence-electron chi connectivity index (χ2n) is 8.79. The molecule has 0 aromatic heterocycles. The van der Waals surface area contributed by atoms with E-state index in [0.717, 1.165) is 44.1 Å². The van der Waals surface area contributed by atoms with Crippen LogP contribution in [0.2, 0.25) is 0 Å². The Kier molecular flexibility index (Phi) is 5.18. The van der Waals surface area contributed by atoms with Crippen LogP contribution in [-0.4, -0.2) is 19.0 Å². The van der Waals surface area contributed by atoms with Crippen LogP contribution in [0, 0.1) is 24.2 Å². The summed E-state index contributed by atoms with van der Waals surface area (Å²) < 4.78 is 0. The molecule has 1 aromatic carbocycles. The van der Waals surface area contributed by atoms with Gasteiger partial charge in [-0.25, -0.2) is 0 Å². The Morgan fingerprint density at radius 3 is 2.40 bits per heavy atom. The van der Waals surface area contributed by atoms with Crippen LogP contribution in [0.1, 0.15) is 56.1 Å². The molecule has 0 radical (unpaired) electrons. The van der Waals surface area contributed by atoms with E-state index >= 15 is 0 Å². The van der Waals surface area contributed by atoms with Crippen molar-refractivity contribution in [2.24, 2.45) is 23.0 Å². The molecule has 4 saturated carbocycles. The number of nitrogens with one attached hydrogen (secondary N) is 1. The molecule has 4 heteroatoms. The molecule has 138 valence electrons. The zero-order chi connectivity index (χ0) is 16.8. The average molecular weight is 363 g/mol. The Balaban J connectivity index is 0.00000182. The predicted molar refractivity (Wildman–Crippen MR) is 104 cm³/mol. The first-order valence-electron chi connectivity index (χ1n) is 9.61. The molecule has 2 unspecified atom stereocenters. The summed E-state index contributed by atoms with van der Waals surface area (Å²) in [6.45, 7) is 3.52. The Labute approximate surface area is 157 Å². The molecule has 3 nitrogen and oxygen atoms in total. The van der Waals surface area contributed by atoms with Crippen LogP contribution in [0.5, 0.6) is 0 Å². The van der Waals surface area contributed by atoms with Crippen molar-refractivity contribution in [1.29, 1.82) is 0 Å². The number of halogens is 1. The number of aryl methyl sites for hydroxylation is 1. The van der Waals surface area contributed by atoms with Crippen LogP contribution in [0.15, 0.2) is 24.3 Å². The highest BCUT2D eigenvalue weighted by molar-refractivity contribution is 5.85. The van der Waals surface area contributed by atoms with E-state index in [2.05, 4.69) is 36.5 Å². The summed E-state index contributed by atoms with van der Waals surface area (Å²) in [6.07, 6.45) is 8.03. The first kappa shape index (κ1) is 18.7. The third kappa shape index (κ3) is 3.21. The molecule has 0 saturated heterocycles. The van der Waals surface area contributed by atoms with Crippen molar-refractivity contribution in [2.45, 2.75) is 57.3 Å². The number of carbonyl (C=O) groups excluding carboxylic acids is 1. The molecule has 1 aromatic rings. The van der Waals surface area contributed by atoms with E-state index in [1.165, 1.54) is 30.4 Å². The maximum atomic E-state index is 13.0. The molecule has 2 atom stereocenters. The molecule has 4 fully saturated rings. The van der Waals surface area contributed by atoms with Crippen LogP contribution in [0.25, 0.3) is 0 Å².